The summed E-state index contributed by atoms with van der Waals surface area (Å²) in [5.74, 6) is -0.452. The van der Waals surface area contributed by atoms with Gasteiger partial charge >= 0.3 is 0 Å². The predicted octanol–water partition coefficient (Wildman–Crippen LogP) is 1.97. The maximum absolute atomic E-state index is 14.2. The predicted molar refractivity (Wildman–Crippen MR) is 90.5 cm³/mol. The molecule has 6 heteroatoms. The first-order chi connectivity index (χ1) is 11.4. The van der Waals surface area contributed by atoms with Gasteiger partial charge in [-0.25, -0.2) is 4.39 Å². The molecule has 24 heavy (non-hydrogen) atoms. The van der Waals surface area contributed by atoms with Crippen LogP contribution >= 0.6 is 0 Å². The Kier molecular flexibility index (Phi) is 4.58. The van der Waals surface area contributed by atoms with Crippen LogP contribution in [0.3, 0.4) is 0 Å². The van der Waals surface area contributed by atoms with E-state index in [1.54, 1.807) is 15.9 Å². The molecule has 0 aliphatic carbocycles. The Morgan fingerprint density at radius 3 is 2.62 bits per heavy atom. The Morgan fingerprint density at radius 1 is 1.29 bits per heavy atom. The largest absolute Gasteiger partial charge is 0.337 e. The lowest BCUT2D eigenvalue weighted by molar-refractivity contribution is -0.117. The highest BCUT2D eigenvalue weighted by Crippen LogP contribution is 2.27. The molecule has 0 radical (unpaired) electrons. The van der Waals surface area contributed by atoms with Crippen molar-refractivity contribution < 1.29 is 14.0 Å². The molecule has 0 N–H and O–H groups in total. The zero-order valence-corrected chi connectivity index (χ0v) is 14.5. The van der Waals surface area contributed by atoms with Crippen LogP contribution in [0.2, 0.25) is 0 Å². The van der Waals surface area contributed by atoms with Gasteiger partial charge in [0.2, 0.25) is 5.91 Å². The monoisotopic (exact) mass is 333 g/mol. The number of benzene rings is 1. The lowest BCUT2D eigenvalue weighted by Crippen LogP contribution is -2.36. The molecule has 2 amide bonds. The van der Waals surface area contributed by atoms with Gasteiger partial charge in [0.15, 0.2) is 0 Å². The molecule has 5 nitrogen and oxygen atoms in total. The second-order valence-electron chi connectivity index (χ2n) is 7.03. The summed E-state index contributed by atoms with van der Waals surface area (Å²) < 4.78 is 14.2. The van der Waals surface area contributed by atoms with Crippen molar-refractivity contribution >= 4 is 17.5 Å². The second-order valence-corrected chi connectivity index (χ2v) is 7.03. The van der Waals surface area contributed by atoms with E-state index in [0.29, 0.717) is 37.7 Å². The fraction of sp³-hybridized carbons (Fsp3) is 0.556. The number of hydrogen-bond acceptors (Lipinski definition) is 3. The summed E-state index contributed by atoms with van der Waals surface area (Å²) in [5, 5.41) is 0. The Bertz CT molecular complexity index is 662. The van der Waals surface area contributed by atoms with Gasteiger partial charge in [-0.2, -0.15) is 0 Å². The summed E-state index contributed by atoms with van der Waals surface area (Å²) in [6.45, 7) is 3.95. The molecular weight excluding hydrogens is 309 g/mol. The lowest BCUT2D eigenvalue weighted by atomic mass is 10.1. The van der Waals surface area contributed by atoms with Crippen LogP contribution in [0.5, 0.6) is 0 Å². The molecule has 0 bridgehead atoms. The lowest BCUT2D eigenvalue weighted by Gasteiger charge is -2.22. The molecule has 2 aliphatic rings. The molecular formula is C18H24FN3O2. The summed E-state index contributed by atoms with van der Waals surface area (Å²) in [6, 6.07) is 4.66. The molecule has 2 saturated heterocycles. The number of carbonyl (C=O) groups excluding carboxylic acids is 2. The molecule has 0 spiro atoms. The normalized spacial score (nSPS) is 24.3. The molecule has 0 aromatic heterocycles. The number of likely N-dealkylation sites (N-methyl/N-ethyl adjacent to an activating group) is 1. The van der Waals surface area contributed by atoms with E-state index >= 15 is 0 Å². The number of rotatable bonds is 3. The van der Waals surface area contributed by atoms with E-state index in [9.17, 15) is 14.0 Å². The Hall–Kier alpha value is -1.95. The zero-order valence-electron chi connectivity index (χ0n) is 14.5. The van der Waals surface area contributed by atoms with Gasteiger partial charge in [0, 0.05) is 37.8 Å². The van der Waals surface area contributed by atoms with Crippen molar-refractivity contribution in [3.05, 3.63) is 29.6 Å². The first kappa shape index (κ1) is 16.9. The van der Waals surface area contributed by atoms with Crippen LogP contribution < -0.4 is 4.90 Å². The van der Waals surface area contributed by atoms with Gasteiger partial charge in [0.05, 0.1) is 5.56 Å². The van der Waals surface area contributed by atoms with Gasteiger partial charge in [0.25, 0.3) is 5.91 Å². The number of likely N-dealkylation sites (tertiary alicyclic amines) is 1. The SMILES string of the molecule is C[C@@H]1CN(C(=O)c2cc(N3CCCC3=O)ccc2F)C[C@@H]1N(C)C. The number of halogens is 1. The highest BCUT2D eigenvalue weighted by Gasteiger charge is 2.35. The summed E-state index contributed by atoms with van der Waals surface area (Å²) in [7, 11) is 3.99. The average Bonchev–Trinajstić information content (AvgIpc) is 3.13. The van der Waals surface area contributed by atoms with Gasteiger partial charge < -0.3 is 14.7 Å². The van der Waals surface area contributed by atoms with Gasteiger partial charge in [-0.3, -0.25) is 9.59 Å². The fourth-order valence-corrected chi connectivity index (χ4v) is 3.72. The maximum atomic E-state index is 14.2. The van der Waals surface area contributed by atoms with Crippen molar-refractivity contribution in [2.45, 2.75) is 25.8 Å². The molecule has 1 aromatic carbocycles. The van der Waals surface area contributed by atoms with Crippen LogP contribution in [0, 0.1) is 11.7 Å². The minimum atomic E-state index is -0.531. The van der Waals surface area contributed by atoms with Crippen molar-refractivity contribution in [1.29, 1.82) is 0 Å². The molecule has 2 fully saturated rings. The summed E-state index contributed by atoms with van der Waals surface area (Å²) >= 11 is 0. The Morgan fingerprint density at radius 2 is 2.04 bits per heavy atom. The molecule has 2 atom stereocenters. The van der Waals surface area contributed by atoms with E-state index in [-0.39, 0.29) is 23.4 Å². The zero-order chi connectivity index (χ0) is 17.4. The van der Waals surface area contributed by atoms with Crippen molar-refractivity contribution in [3.63, 3.8) is 0 Å². The van der Waals surface area contributed by atoms with E-state index in [2.05, 4.69) is 11.8 Å². The van der Waals surface area contributed by atoms with Crippen LogP contribution in [-0.2, 0) is 4.79 Å². The average molecular weight is 333 g/mol. The summed E-state index contributed by atoms with van der Waals surface area (Å²) in [6.07, 6.45) is 1.31. The third kappa shape index (κ3) is 3.02. The number of carbonyl (C=O) groups is 2. The fourth-order valence-electron chi connectivity index (χ4n) is 3.72. The summed E-state index contributed by atoms with van der Waals surface area (Å²) in [5.41, 5.74) is 0.664. The number of nitrogens with zero attached hydrogens (tertiary/aromatic N) is 3. The highest BCUT2D eigenvalue weighted by molar-refractivity contribution is 5.99. The smallest absolute Gasteiger partial charge is 0.256 e. The van der Waals surface area contributed by atoms with E-state index in [1.807, 2.05) is 14.1 Å². The third-order valence-electron chi connectivity index (χ3n) is 5.09. The standard InChI is InChI=1S/C18H24FN3O2/c1-12-10-21(11-16(12)20(2)3)18(24)14-9-13(6-7-15(14)19)22-8-4-5-17(22)23/h6-7,9,12,16H,4-5,8,10-11H2,1-3H3/t12-,16+/m1/s1. The minimum absolute atomic E-state index is 0.0301. The maximum Gasteiger partial charge on any atom is 0.256 e. The molecule has 3 rings (SSSR count). The van der Waals surface area contributed by atoms with Crippen LogP contribution in [-0.4, -0.2) is 61.4 Å². The first-order valence-electron chi connectivity index (χ1n) is 8.44. The quantitative estimate of drug-likeness (QED) is 0.849. The molecule has 2 aliphatic heterocycles. The molecule has 0 saturated carbocycles. The van der Waals surface area contributed by atoms with Crippen molar-refractivity contribution in [3.8, 4) is 0 Å². The topological polar surface area (TPSA) is 43.9 Å². The van der Waals surface area contributed by atoms with E-state index in [1.165, 1.54) is 12.1 Å². The number of hydrogen-bond donors (Lipinski definition) is 0. The van der Waals surface area contributed by atoms with E-state index < -0.39 is 5.82 Å². The second kappa shape index (κ2) is 6.51. The van der Waals surface area contributed by atoms with Gasteiger partial charge in [-0.05, 0) is 44.6 Å². The van der Waals surface area contributed by atoms with Crippen molar-refractivity contribution in [2.24, 2.45) is 5.92 Å². The van der Waals surface area contributed by atoms with Gasteiger partial charge in [0.1, 0.15) is 5.82 Å². The van der Waals surface area contributed by atoms with Crippen LogP contribution in [0.25, 0.3) is 0 Å². The third-order valence-corrected chi connectivity index (χ3v) is 5.09. The van der Waals surface area contributed by atoms with Crippen LogP contribution in [0.1, 0.15) is 30.1 Å². The number of anilines is 1. The Labute approximate surface area is 142 Å². The van der Waals surface area contributed by atoms with E-state index in [0.717, 1.165) is 6.42 Å². The first-order valence-corrected chi connectivity index (χ1v) is 8.44. The van der Waals surface area contributed by atoms with Gasteiger partial charge in [-0.15, -0.1) is 0 Å². The van der Waals surface area contributed by atoms with Crippen LogP contribution in [0.15, 0.2) is 18.2 Å². The minimum Gasteiger partial charge on any atom is -0.337 e. The molecule has 1 aromatic rings. The van der Waals surface area contributed by atoms with Crippen molar-refractivity contribution in [2.75, 3.05) is 38.6 Å². The van der Waals surface area contributed by atoms with Crippen molar-refractivity contribution in [1.82, 2.24) is 9.80 Å². The van der Waals surface area contributed by atoms with E-state index in [4.69, 9.17) is 0 Å². The number of amides is 2. The van der Waals surface area contributed by atoms with Gasteiger partial charge in [-0.1, -0.05) is 6.92 Å². The Balaban J connectivity index is 1.83. The molecule has 2 heterocycles. The summed E-state index contributed by atoms with van der Waals surface area (Å²) in [4.78, 5) is 30.1. The molecule has 130 valence electrons. The molecule has 0 unspecified atom stereocenters. The highest BCUT2D eigenvalue weighted by atomic mass is 19.1. The van der Waals surface area contributed by atoms with Crippen LogP contribution in [0.4, 0.5) is 10.1 Å².